The van der Waals surface area contributed by atoms with Gasteiger partial charge in [-0.1, -0.05) is 0 Å². The van der Waals surface area contributed by atoms with E-state index in [-0.39, 0.29) is 11.9 Å². The molecule has 0 saturated carbocycles. The third-order valence-corrected chi connectivity index (χ3v) is 4.33. The molecule has 1 atom stereocenters. The fraction of sp³-hybridized carbons (Fsp3) is 1.00. The SMILES string of the molecule is CC(O)C1CCN(CCCS(C)(=O)=O)CC1. The number of sulfone groups is 1. The standard InChI is InChI=1S/C11H23NO3S/c1-10(13)11-4-7-12(8-5-11)6-3-9-16(2,14)15/h10-11,13H,3-9H2,1-2H3. The predicted octanol–water partition coefficient (Wildman–Crippen LogP) is 0.514. The number of aliphatic hydroxyl groups is 1. The smallest absolute Gasteiger partial charge is 0.147 e. The van der Waals surface area contributed by atoms with Crippen LogP contribution in [0.2, 0.25) is 0 Å². The zero-order valence-corrected chi connectivity index (χ0v) is 11.0. The third kappa shape index (κ3) is 5.27. The van der Waals surface area contributed by atoms with Gasteiger partial charge in [-0.2, -0.15) is 0 Å². The van der Waals surface area contributed by atoms with Gasteiger partial charge >= 0.3 is 0 Å². The number of rotatable bonds is 5. The zero-order valence-electron chi connectivity index (χ0n) is 10.2. The monoisotopic (exact) mass is 249 g/mol. The second-order valence-corrected chi connectivity index (χ2v) is 7.16. The number of hydrogen-bond donors (Lipinski definition) is 1. The summed E-state index contributed by atoms with van der Waals surface area (Å²) in [4.78, 5) is 2.30. The highest BCUT2D eigenvalue weighted by Crippen LogP contribution is 2.20. The second kappa shape index (κ2) is 5.98. The Kier molecular flexibility index (Phi) is 5.21. The summed E-state index contributed by atoms with van der Waals surface area (Å²) in [6.45, 7) is 4.68. The lowest BCUT2D eigenvalue weighted by Crippen LogP contribution is -2.37. The lowest BCUT2D eigenvalue weighted by atomic mass is 9.92. The average Bonchev–Trinajstić information content (AvgIpc) is 2.16. The number of aliphatic hydroxyl groups excluding tert-OH is 1. The van der Waals surface area contributed by atoms with E-state index in [2.05, 4.69) is 4.90 Å². The van der Waals surface area contributed by atoms with Gasteiger partial charge in [-0.05, 0) is 51.7 Å². The van der Waals surface area contributed by atoms with Crippen molar-refractivity contribution >= 4 is 9.84 Å². The van der Waals surface area contributed by atoms with Crippen LogP contribution in [0.4, 0.5) is 0 Å². The summed E-state index contributed by atoms with van der Waals surface area (Å²) >= 11 is 0. The fourth-order valence-corrected chi connectivity index (χ4v) is 2.86. The van der Waals surface area contributed by atoms with E-state index in [1.807, 2.05) is 6.92 Å². The molecule has 0 aromatic heterocycles. The highest BCUT2D eigenvalue weighted by molar-refractivity contribution is 7.90. The van der Waals surface area contributed by atoms with Crippen molar-refractivity contribution in [1.29, 1.82) is 0 Å². The van der Waals surface area contributed by atoms with E-state index in [1.165, 1.54) is 6.26 Å². The van der Waals surface area contributed by atoms with Gasteiger partial charge in [-0.15, -0.1) is 0 Å². The van der Waals surface area contributed by atoms with E-state index in [0.29, 0.717) is 5.92 Å². The molecule has 96 valence electrons. The minimum Gasteiger partial charge on any atom is -0.393 e. The average molecular weight is 249 g/mol. The molecular weight excluding hydrogens is 226 g/mol. The first kappa shape index (κ1) is 13.9. The predicted molar refractivity (Wildman–Crippen MR) is 65.2 cm³/mol. The Morgan fingerprint density at radius 1 is 1.38 bits per heavy atom. The number of hydrogen-bond acceptors (Lipinski definition) is 4. The Morgan fingerprint density at radius 3 is 2.38 bits per heavy atom. The summed E-state index contributed by atoms with van der Waals surface area (Å²) in [5.74, 6) is 0.703. The van der Waals surface area contributed by atoms with Crippen molar-refractivity contribution in [2.24, 2.45) is 5.92 Å². The van der Waals surface area contributed by atoms with Crippen LogP contribution >= 0.6 is 0 Å². The van der Waals surface area contributed by atoms with E-state index in [0.717, 1.165) is 38.9 Å². The fourth-order valence-electron chi connectivity index (χ4n) is 2.21. The third-order valence-electron chi connectivity index (χ3n) is 3.30. The molecule has 4 nitrogen and oxygen atoms in total. The van der Waals surface area contributed by atoms with E-state index < -0.39 is 9.84 Å². The molecule has 0 radical (unpaired) electrons. The van der Waals surface area contributed by atoms with Gasteiger partial charge in [0.25, 0.3) is 0 Å². The molecule has 1 fully saturated rings. The lowest BCUT2D eigenvalue weighted by molar-refractivity contribution is 0.0720. The van der Waals surface area contributed by atoms with Crippen LogP contribution in [0, 0.1) is 5.92 Å². The number of piperidine rings is 1. The molecule has 0 amide bonds. The second-order valence-electron chi connectivity index (χ2n) is 4.90. The van der Waals surface area contributed by atoms with Crippen molar-refractivity contribution in [3.8, 4) is 0 Å². The molecule has 1 unspecified atom stereocenters. The van der Waals surface area contributed by atoms with E-state index in [1.54, 1.807) is 0 Å². The highest BCUT2D eigenvalue weighted by atomic mass is 32.2. The van der Waals surface area contributed by atoms with Crippen molar-refractivity contribution in [2.45, 2.75) is 32.3 Å². The van der Waals surface area contributed by atoms with Crippen molar-refractivity contribution in [2.75, 3.05) is 31.6 Å². The maximum Gasteiger partial charge on any atom is 0.147 e. The summed E-state index contributed by atoms with van der Waals surface area (Å²) in [6.07, 6.45) is 3.84. The molecule has 1 heterocycles. The van der Waals surface area contributed by atoms with Crippen LogP contribution in [-0.4, -0.2) is 56.2 Å². The van der Waals surface area contributed by atoms with Gasteiger partial charge in [0, 0.05) is 6.26 Å². The molecule has 0 aliphatic carbocycles. The molecule has 1 aliphatic heterocycles. The molecule has 0 aromatic carbocycles. The first-order valence-electron chi connectivity index (χ1n) is 5.96. The van der Waals surface area contributed by atoms with Gasteiger partial charge in [-0.3, -0.25) is 0 Å². The maximum atomic E-state index is 11.0. The Balaban J connectivity index is 2.18. The van der Waals surface area contributed by atoms with Crippen LogP contribution in [0.3, 0.4) is 0 Å². The normalized spacial score (nSPS) is 22.2. The summed E-state index contributed by atoms with van der Waals surface area (Å²) in [6, 6.07) is 0. The molecule has 0 bridgehead atoms. The molecule has 1 aliphatic rings. The maximum absolute atomic E-state index is 11.0. The Labute approximate surface area is 98.6 Å². The van der Waals surface area contributed by atoms with Gasteiger partial charge in [0.15, 0.2) is 0 Å². The molecule has 16 heavy (non-hydrogen) atoms. The van der Waals surface area contributed by atoms with Gasteiger partial charge in [0.1, 0.15) is 9.84 Å². The van der Waals surface area contributed by atoms with Crippen LogP contribution in [0.5, 0.6) is 0 Å². The zero-order chi connectivity index (χ0) is 12.2. The summed E-state index contributed by atoms with van der Waals surface area (Å²) in [7, 11) is -2.82. The van der Waals surface area contributed by atoms with Gasteiger partial charge in [-0.25, -0.2) is 8.42 Å². The van der Waals surface area contributed by atoms with E-state index in [9.17, 15) is 13.5 Å². The highest BCUT2D eigenvalue weighted by Gasteiger charge is 2.22. The van der Waals surface area contributed by atoms with Crippen molar-refractivity contribution in [1.82, 2.24) is 4.90 Å². The lowest BCUT2D eigenvalue weighted by Gasteiger charge is -2.33. The number of likely N-dealkylation sites (tertiary alicyclic amines) is 1. The molecule has 0 aromatic rings. The molecule has 0 spiro atoms. The van der Waals surface area contributed by atoms with Crippen LogP contribution in [0.1, 0.15) is 26.2 Å². The van der Waals surface area contributed by atoms with Crippen LogP contribution in [0.15, 0.2) is 0 Å². The minimum absolute atomic E-state index is 0.210. The molecule has 1 rings (SSSR count). The van der Waals surface area contributed by atoms with Crippen molar-refractivity contribution in [3.63, 3.8) is 0 Å². The summed E-state index contributed by atoms with van der Waals surface area (Å²) in [5, 5.41) is 9.45. The molecule has 5 heteroatoms. The largest absolute Gasteiger partial charge is 0.393 e. The van der Waals surface area contributed by atoms with Gasteiger partial charge < -0.3 is 10.0 Å². The van der Waals surface area contributed by atoms with Crippen LogP contribution in [-0.2, 0) is 9.84 Å². The topological polar surface area (TPSA) is 57.6 Å². The first-order chi connectivity index (χ1) is 7.38. The quantitative estimate of drug-likeness (QED) is 0.771. The molecule has 1 saturated heterocycles. The van der Waals surface area contributed by atoms with E-state index in [4.69, 9.17) is 0 Å². The van der Waals surface area contributed by atoms with Crippen LogP contribution < -0.4 is 0 Å². The van der Waals surface area contributed by atoms with Crippen LogP contribution in [0.25, 0.3) is 0 Å². The minimum atomic E-state index is -2.82. The van der Waals surface area contributed by atoms with E-state index >= 15 is 0 Å². The number of nitrogens with zero attached hydrogens (tertiary/aromatic N) is 1. The molecular formula is C11H23NO3S. The van der Waals surface area contributed by atoms with Crippen molar-refractivity contribution in [3.05, 3.63) is 0 Å². The van der Waals surface area contributed by atoms with Crippen molar-refractivity contribution < 1.29 is 13.5 Å². The summed E-state index contributed by atoms with van der Waals surface area (Å²) < 4.78 is 21.9. The Bertz CT molecular complexity index is 292. The summed E-state index contributed by atoms with van der Waals surface area (Å²) in [5.41, 5.74) is 0. The van der Waals surface area contributed by atoms with Gasteiger partial charge in [0.05, 0.1) is 11.9 Å². The Hall–Kier alpha value is -0.130. The first-order valence-corrected chi connectivity index (χ1v) is 8.02. The molecule has 1 N–H and O–H groups in total. The van der Waals surface area contributed by atoms with Gasteiger partial charge in [0.2, 0.25) is 0 Å². The Morgan fingerprint density at radius 2 is 1.94 bits per heavy atom.